The average molecular weight is 573 g/mol. The Morgan fingerprint density at radius 2 is 1.76 bits per heavy atom. The molecule has 3 rings (SSSR count). The highest BCUT2D eigenvalue weighted by molar-refractivity contribution is 14.0. The molecule has 33 heavy (non-hydrogen) atoms. The third kappa shape index (κ3) is 11.4. The van der Waals surface area contributed by atoms with Gasteiger partial charge in [-0.1, -0.05) is 31.2 Å². The molecular weight excluding hydrogens is 527 g/mol. The molecule has 2 heterocycles. The topological polar surface area (TPSA) is 58.1 Å². The first-order chi connectivity index (χ1) is 15.7. The minimum atomic E-state index is 0. The van der Waals surface area contributed by atoms with Crippen molar-refractivity contribution in [2.24, 2.45) is 16.8 Å². The Labute approximate surface area is 218 Å². The van der Waals surface area contributed by atoms with Gasteiger partial charge >= 0.3 is 0 Å². The average Bonchev–Trinajstić information content (AvgIpc) is 2.82. The van der Waals surface area contributed by atoms with Crippen LogP contribution in [-0.4, -0.2) is 63.5 Å². The molecule has 2 aliphatic heterocycles. The molecule has 2 saturated heterocycles. The lowest BCUT2D eigenvalue weighted by molar-refractivity contribution is 0.0203. The molecule has 0 unspecified atom stereocenters. The van der Waals surface area contributed by atoms with E-state index < -0.39 is 0 Å². The molecule has 188 valence electrons. The van der Waals surface area contributed by atoms with Gasteiger partial charge in [-0.3, -0.25) is 4.90 Å². The maximum absolute atomic E-state index is 5.86. The molecule has 1 aromatic rings. The Morgan fingerprint density at radius 1 is 1.06 bits per heavy atom. The minimum Gasteiger partial charge on any atom is -0.381 e. The van der Waals surface area contributed by atoms with Gasteiger partial charge in [-0.15, -0.1) is 24.0 Å². The van der Waals surface area contributed by atoms with Crippen LogP contribution in [0.4, 0.5) is 0 Å². The first-order valence-corrected chi connectivity index (χ1v) is 12.7. The number of aliphatic imine (C=N–C) groups is 1. The molecule has 0 amide bonds. The fraction of sp³-hybridized carbons (Fsp3) is 0.731. The molecule has 0 radical (unpaired) electrons. The van der Waals surface area contributed by atoms with Crippen molar-refractivity contribution in [3.8, 4) is 0 Å². The maximum atomic E-state index is 5.86. The number of ether oxygens (including phenoxy) is 2. The first kappa shape index (κ1) is 28.3. The number of piperidine rings is 1. The van der Waals surface area contributed by atoms with Crippen molar-refractivity contribution in [2.45, 2.75) is 59.0 Å². The second-order valence-corrected chi connectivity index (χ2v) is 9.38. The highest BCUT2D eigenvalue weighted by Gasteiger charge is 2.15. The first-order valence-electron chi connectivity index (χ1n) is 12.7. The predicted molar refractivity (Wildman–Crippen MR) is 147 cm³/mol. The van der Waals surface area contributed by atoms with Gasteiger partial charge in [0.15, 0.2) is 5.96 Å². The van der Waals surface area contributed by atoms with Crippen molar-refractivity contribution in [1.29, 1.82) is 0 Å². The second kappa shape index (κ2) is 16.7. The third-order valence-corrected chi connectivity index (χ3v) is 6.52. The zero-order valence-electron chi connectivity index (χ0n) is 20.7. The molecular formula is C26H45IN4O2. The van der Waals surface area contributed by atoms with E-state index in [0.29, 0.717) is 12.5 Å². The van der Waals surface area contributed by atoms with Crippen LogP contribution in [-0.2, 0) is 22.6 Å². The Morgan fingerprint density at radius 3 is 2.45 bits per heavy atom. The van der Waals surface area contributed by atoms with Gasteiger partial charge in [0, 0.05) is 46.1 Å². The molecule has 2 N–H and O–H groups in total. The van der Waals surface area contributed by atoms with Crippen LogP contribution in [0, 0.1) is 11.8 Å². The summed E-state index contributed by atoms with van der Waals surface area (Å²) in [5.74, 6) is 2.43. The van der Waals surface area contributed by atoms with Crippen molar-refractivity contribution in [1.82, 2.24) is 15.5 Å². The fourth-order valence-corrected chi connectivity index (χ4v) is 4.28. The van der Waals surface area contributed by atoms with E-state index in [9.17, 15) is 0 Å². The summed E-state index contributed by atoms with van der Waals surface area (Å²) < 4.78 is 11.3. The Bertz CT molecular complexity index is 657. The van der Waals surface area contributed by atoms with Crippen LogP contribution >= 0.6 is 24.0 Å². The molecule has 0 saturated carbocycles. The van der Waals surface area contributed by atoms with Gasteiger partial charge in [-0.2, -0.15) is 0 Å². The summed E-state index contributed by atoms with van der Waals surface area (Å²) >= 11 is 0. The minimum absolute atomic E-state index is 0. The monoisotopic (exact) mass is 572 g/mol. The van der Waals surface area contributed by atoms with E-state index in [1.807, 2.05) is 0 Å². The number of hydrogen-bond donors (Lipinski definition) is 2. The molecule has 2 aliphatic rings. The summed E-state index contributed by atoms with van der Waals surface area (Å²) in [6.07, 6.45) is 5.91. The Hall–Kier alpha value is -0.900. The summed E-state index contributed by atoms with van der Waals surface area (Å²) in [6.45, 7) is 13.8. The van der Waals surface area contributed by atoms with E-state index in [0.717, 1.165) is 77.2 Å². The van der Waals surface area contributed by atoms with Gasteiger partial charge in [0.05, 0.1) is 6.54 Å². The van der Waals surface area contributed by atoms with E-state index >= 15 is 0 Å². The number of halogens is 1. The third-order valence-electron chi connectivity index (χ3n) is 6.52. The maximum Gasteiger partial charge on any atom is 0.191 e. The van der Waals surface area contributed by atoms with Gasteiger partial charge in [0.2, 0.25) is 0 Å². The Balaban J connectivity index is 0.00000385. The van der Waals surface area contributed by atoms with Gasteiger partial charge < -0.3 is 20.1 Å². The van der Waals surface area contributed by atoms with E-state index in [-0.39, 0.29) is 24.0 Å². The fourth-order valence-electron chi connectivity index (χ4n) is 4.28. The van der Waals surface area contributed by atoms with Gasteiger partial charge in [-0.05, 0) is 75.1 Å². The van der Waals surface area contributed by atoms with Crippen LogP contribution in [0.5, 0.6) is 0 Å². The second-order valence-electron chi connectivity index (χ2n) is 9.38. The Kier molecular flexibility index (Phi) is 14.3. The van der Waals surface area contributed by atoms with Crippen molar-refractivity contribution in [3.05, 3.63) is 35.4 Å². The summed E-state index contributed by atoms with van der Waals surface area (Å²) in [4.78, 5) is 7.33. The number of nitrogens with one attached hydrogen (secondary N) is 2. The van der Waals surface area contributed by atoms with E-state index in [4.69, 9.17) is 14.5 Å². The molecule has 7 heteroatoms. The lowest BCUT2D eigenvalue weighted by atomic mass is 9.99. The van der Waals surface area contributed by atoms with Crippen LogP contribution in [0.25, 0.3) is 0 Å². The molecule has 0 spiro atoms. The number of benzene rings is 1. The molecule has 6 nitrogen and oxygen atoms in total. The summed E-state index contributed by atoms with van der Waals surface area (Å²) in [5.41, 5.74) is 2.65. The van der Waals surface area contributed by atoms with Gasteiger partial charge in [0.1, 0.15) is 0 Å². The number of likely N-dealkylation sites (tertiary alicyclic amines) is 1. The molecule has 1 aromatic carbocycles. The van der Waals surface area contributed by atoms with Crippen LogP contribution in [0.1, 0.15) is 57.1 Å². The largest absolute Gasteiger partial charge is 0.381 e. The smallest absolute Gasteiger partial charge is 0.191 e. The number of rotatable bonds is 11. The van der Waals surface area contributed by atoms with Crippen molar-refractivity contribution < 1.29 is 9.47 Å². The van der Waals surface area contributed by atoms with Crippen molar-refractivity contribution in [2.75, 3.05) is 52.6 Å². The van der Waals surface area contributed by atoms with E-state index in [1.54, 1.807) is 0 Å². The zero-order valence-corrected chi connectivity index (χ0v) is 23.0. The summed E-state index contributed by atoms with van der Waals surface area (Å²) in [5, 5.41) is 6.77. The van der Waals surface area contributed by atoms with Crippen LogP contribution in [0.2, 0.25) is 0 Å². The quantitative estimate of drug-likeness (QED) is 0.178. The molecule has 0 aliphatic carbocycles. The zero-order chi connectivity index (χ0) is 22.4. The van der Waals surface area contributed by atoms with E-state index in [2.05, 4.69) is 53.6 Å². The standard InChI is InChI=1S/C26H44N4O2.HI/c1-3-27-26(28-13-4-16-32-21-25-11-17-31-18-12-25)29-19-23-5-7-24(8-6-23)20-30-14-9-22(2)10-15-30;/h5-8,22,25H,3-4,9-21H2,1-2H3,(H2,27,28,29);1H. The predicted octanol–water partition coefficient (Wildman–Crippen LogP) is 4.42. The highest BCUT2D eigenvalue weighted by atomic mass is 127. The molecule has 2 fully saturated rings. The molecule has 0 atom stereocenters. The summed E-state index contributed by atoms with van der Waals surface area (Å²) in [6, 6.07) is 8.97. The van der Waals surface area contributed by atoms with Gasteiger partial charge in [-0.25, -0.2) is 4.99 Å². The van der Waals surface area contributed by atoms with Crippen LogP contribution < -0.4 is 10.6 Å². The molecule has 0 aromatic heterocycles. The number of hydrogen-bond acceptors (Lipinski definition) is 4. The SMILES string of the molecule is CCNC(=NCc1ccc(CN2CCC(C)CC2)cc1)NCCCOCC1CCOCC1.I. The van der Waals surface area contributed by atoms with Crippen molar-refractivity contribution >= 4 is 29.9 Å². The number of guanidine groups is 1. The lowest BCUT2D eigenvalue weighted by Crippen LogP contribution is -2.38. The van der Waals surface area contributed by atoms with Crippen molar-refractivity contribution in [3.63, 3.8) is 0 Å². The lowest BCUT2D eigenvalue weighted by Gasteiger charge is -2.30. The highest BCUT2D eigenvalue weighted by Crippen LogP contribution is 2.18. The normalized spacial score (nSPS) is 18.7. The van der Waals surface area contributed by atoms with Crippen LogP contribution in [0.3, 0.4) is 0 Å². The summed E-state index contributed by atoms with van der Waals surface area (Å²) in [7, 11) is 0. The van der Waals surface area contributed by atoms with Gasteiger partial charge in [0.25, 0.3) is 0 Å². The number of nitrogens with zero attached hydrogens (tertiary/aromatic N) is 2. The van der Waals surface area contributed by atoms with Crippen LogP contribution in [0.15, 0.2) is 29.3 Å². The van der Waals surface area contributed by atoms with E-state index in [1.165, 1.54) is 37.1 Å². The molecule has 0 bridgehead atoms.